The molecule has 1 heteroatoms. The predicted molar refractivity (Wildman–Crippen MR) is 52.4 cm³/mol. The first-order valence-corrected chi connectivity index (χ1v) is 5.55. The van der Waals surface area contributed by atoms with Gasteiger partial charge in [0.25, 0.3) is 0 Å². The van der Waals surface area contributed by atoms with E-state index in [0.717, 1.165) is 6.61 Å². The molecule has 0 radical (unpaired) electrons. The molecule has 1 heterocycles. The Labute approximate surface area is 76.5 Å². The molecule has 0 aliphatic carbocycles. The third kappa shape index (κ3) is 4.10. The van der Waals surface area contributed by atoms with Gasteiger partial charge < -0.3 is 4.74 Å². The van der Waals surface area contributed by atoms with Crippen LogP contribution in [0.4, 0.5) is 0 Å². The minimum atomic E-state index is 0.607. The maximum atomic E-state index is 5.66. The molecule has 12 heavy (non-hydrogen) atoms. The summed E-state index contributed by atoms with van der Waals surface area (Å²) in [6.45, 7) is 3.27. The van der Waals surface area contributed by atoms with E-state index < -0.39 is 0 Å². The average molecular weight is 170 g/mol. The summed E-state index contributed by atoms with van der Waals surface area (Å²) >= 11 is 0. The number of unbranched alkanes of at least 4 members (excludes halogenated alkanes) is 3. The van der Waals surface area contributed by atoms with Crippen LogP contribution in [0.3, 0.4) is 0 Å². The standard InChI is InChI=1S/C11H22O/c1-2-3-4-5-8-11-9-6-7-10-12-11/h11H,2-10H2,1H3. The van der Waals surface area contributed by atoms with E-state index in [1.165, 1.54) is 51.4 Å². The zero-order chi connectivity index (χ0) is 8.65. The summed E-state index contributed by atoms with van der Waals surface area (Å²) in [5.41, 5.74) is 0. The van der Waals surface area contributed by atoms with Crippen LogP contribution in [0, 0.1) is 0 Å². The van der Waals surface area contributed by atoms with Crippen molar-refractivity contribution in [2.45, 2.75) is 64.4 Å². The maximum Gasteiger partial charge on any atom is 0.0575 e. The molecule has 0 bridgehead atoms. The van der Waals surface area contributed by atoms with Gasteiger partial charge in [0, 0.05) is 6.61 Å². The lowest BCUT2D eigenvalue weighted by molar-refractivity contribution is 0.00978. The van der Waals surface area contributed by atoms with Crippen molar-refractivity contribution in [1.82, 2.24) is 0 Å². The topological polar surface area (TPSA) is 9.23 Å². The summed E-state index contributed by atoms with van der Waals surface area (Å²) in [5.74, 6) is 0. The van der Waals surface area contributed by atoms with Crippen molar-refractivity contribution >= 4 is 0 Å². The highest BCUT2D eigenvalue weighted by atomic mass is 16.5. The molecular formula is C11H22O. The van der Waals surface area contributed by atoms with E-state index in [1.807, 2.05) is 0 Å². The van der Waals surface area contributed by atoms with E-state index in [0.29, 0.717) is 6.10 Å². The van der Waals surface area contributed by atoms with Crippen LogP contribution < -0.4 is 0 Å². The Morgan fingerprint density at radius 3 is 2.75 bits per heavy atom. The Morgan fingerprint density at radius 1 is 1.17 bits per heavy atom. The van der Waals surface area contributed by atoms with Gasteiger partial charge in [0.2, 0.25) is 0 Å². The van der Waals surface area contributed by atoms with Gasteiger partial charge in [0.1, 0.15) is 0 Å². The van der Waals surface area contributed by atoms with E-state index in [1.54, 1.807) is 0 Å². The minimum absolute atomic E-state index is 0.607. The van der Waals surface area contributed by atoms with E-state index >= 15 is 0 Å². The van der Waals surface area contributed by atoms with Gasteiger partial charge in [-0.05, 0) is 25.7 Å². The third-order valence-electron chi connectivity index (χ3n) is 2.65. The van der Waals surface area contributed by atoms with E-state index in [4.69, 9.17) is 4.74 Å². The first-order valence-electron chi connectivity index (χ1n) is 5.55. The van der Waals surface area contributed by atoms with Crippen LogP contribution in [-0.4, -0.2) is 12.7 Å². The molecule has 1 fully saturated rings. The Balaban J connectivity index is 1.91. The van der Waals surface area contributed by atoms with Crippen LogP contribution in [-0.2, 0) is 4.74 Å². The zero-order valence-corrected chi connectivity index (χ0v) is 8.35. The molecule has 1 rings (SSSR count). The van der Waals surface area contributed by atoms with Gasteiger partial charge in [0.15, 0.2) is 0 Å². The molecule has 1 aliphatic heterocycles. The summed E-state index contributed by atoms with van der Waals surface area (Å²) in [5, 5.41) is 0. The number of ether oxygens (including phenoxy) is 1. The highest BCUT2D eigenvalue weighted by Crippen LogP contribution is 2.18. The molecule has 0 aromatic heterocycles. The summed E-state index contributed by atoms with van der Waals surface area (Å²) in [6, 6.07) is 0. The van der Waals surface area contributed by atoms with Gasteiger partial charge in [-0.15, -0.1) is 0 Å². The Bertz CT molecular complexity index is 95.2. The number of rotatable bonds is 5. The molecule has 1 atom stereocenters. The number of hydrogen-bond donors (Lipinski definition) is 0. The van der Waals surface area contributed by atoms with Crippen molar-refractivity contribution < 1.29 is 4.74 Å². The summed E-state index contributed by atoms with van der Waals surface area (Å²) in [6.07, 6.45) is 11.4. The quantitative estimate of drug-likeness (QED) is 0.573. The second-order valence-electron chi connectivity index (χ2n) is 3.84. The van der Waals surface area contributed by atoms with Crippen molar-refractivity contribution in [2.24, 2.45) is 0 Å². The molecule has 72 valence electrons. The van der Waals surface area contributed by atoms with E-state index in [2.05, 4.69) is 6.92 Å². The molecule has 1 nitrogen and oxygen atoms in total. The first kappa shape index (κ1) is 10.0. The van der Waals surface area contributed by atoms with E-state index in [-0.39, 0.29) is 0 Å². The second-order valence-corrected chi connectivity index (χ2v) is 3.84. The van der Waals surface area contributed by atoms with Crippen LogP contribution in [0.25, 0.3) is 0 Å². The van der Waals surface area contributed by atoms with Crippen LogP contribution in [0.15, 0.2) is 0 Å². The van der Waals surface area contributed by atoms with Crippen molar-refractivity contribution in [1.29, 1.82) is 0 Å². The van der Waals surface area contributed by atoms with Crippen LogP contribution >= 0.6 is 0 Å². The molecule has 1 aliphatic rings. The van der Waals surface area contributed by atoms with Crippen LogP contribution in [0.2, 0.25) is 0 Å². The van der Waals surface area contributed by atoms with Crippen molar-refractivity contribution in [3.8, 4) is 0 Å². The predicted octanol–water partition coefficient (Wildman–Crippen LogP) is 3.53. The normalized spacial score (nSPS) is 24.2. The molecule has 0 amide bonds. The molecule has 0 aromatic carbocycles. The summed E-state index contributed by atoms with van der Waals surface area (Å²) < 4.78 is 5.66. The molecule has 1 saturated heterocycles. The first-order chi connectivity index (χ1) is 5.93. The monoisotopic (exact) mass is 170 g/mol. The van der Waals surface area contributed by atoms with Gasteiger partial charge >= 0.3 is 0 Å². The lowest BCUT2D eigenvalue weighted by Gasteiger charge is -2.22. The van der Waals surface area contributed by atoms with E-state index in [9.17, 15) is 0 Å². The molecule has 0 spiro atoms. The SMILES string of the molecule is CCCCCCC1CCCCO1. The molecule has 0 N–H and O–H groups in total. The fourth-order valence-electron chi connectivity index (χ4n) is 1.83. The molecule has 0 aromatic rings. The molecule has 0 saturated carbocycles. The van der Waals surface area contributed by atoms with Gasteiger partial charge in [-0.3, -0.25) is 0 Å². The Kier molecular flexibility index (Phi) is 5.42. The smallest absolute Gasteiger partial charge is 0.0575 e. The number of hydrogen-bond acceptors (Lipinski definition) is 1. The molecular weight excluding hydrogens is 148 g/mol. The van der Waals surface area contributed by atoms with Crippen molar-refractivity contribution in [3.05, 3.63) is 0 Å². The van der Waals surface area contributed by atoms with Gasteiger partial charge in [-0.25, -0.2) is 0 Å². The van der Waals surface area contributed by atoms with Crippen LogP contribution in [0.5, 0.6) is 0 Å². The lowest BCUT2D eigenvalue weighted by atomic mass is 10.0. The minimum Gasteiger partial charge on any atom is -0.378 e. The third-order valence-corrected chi connectivity index (χ3v) is 2.65. The second kappa shape index (κ2) is 6.47. The summed E-state index contributed by atoms with van der Waals surface area (Å²) in [4.78, 5) is 0. The summed E-state index contributed by atoms with van der Waals surface area (Å²) in [7, 11) is 0. The lowest BCUT2D eigenvalue weighted by Crippen LogP contribution is -2.18. The fourth-order valence-corrected chi connectivity index (χ4v) is 1.83. The maximum absolute atomic E-state index is 5.66. The van der Waals surface area contributed by atoms with Gasteiger partial charge in [0.05, 0.1) is 6.10 Å². The largest absolute Gasteiger partial charge is 0.378 e. The van der Waals surface area contributed by atoms with Crippen molar-refractivity contribution in [2.75, 3.05) is 6.61 Å². The van der Waals surface area contributed by atoms with Crippen molar-refractivity contribution in [3.63, 3.8) is 0 Å². The highest BCUT2D eigenvalue weighted by molar-refractivity contribution is 4.63. The fraction of sp³-hybridized carbons (Fsp3) is 1.00. The Hall–Kier alpha value is -0.0400. The zero-order valence-electron chi connectivity index (χ0n) is 8.35. The Morgan fingerprint density at radius 2 is 2.08 bits per heavy atom. The highest BCUT2D eigenvalue weighted by Gasteiger charge is 2.12. The molecule has 1 unspecified atom stereocenters. The van der Waals surface area contributed by atoms with Gasteiger partial charge in [-0.2, -0.15) is 0 Å². The van der Waals surface area contributed by atoms with Crippen LogP contribution in [0.1, 0.15) is 58.3 Å². The van der Waals surface area contributed by atoms with Gasteiger partial charge in [-0.1, -0.05) is 32.6 Å². The average Bonchev–Trinajstić information content (AvgIpc) is 2.14.